The summed E-state index contributed by atoms with van der Waals surface area (Å²) in [7, 11) is 0. The van der Waals surface area contributed by atoms with E-state index in [0.717, 1.165) is 27.9 Å². The van der Waals surface area contributed by atoms with Gasteiger partial charge in [-0.25, -0.2) is 4.39 Å². The number of anilines is 2. The van der Waals surface area contributed by atoms with Gasteiger partial charge < -0.3 is 10.6 Å². The molecule has 3 aromatic carbocycles. The molecule has 0 aliphatic carbocycles. The molecule has 1 aliphatic heterocycles. The number of benzene rings is 3. The predicted molar refractivity (Wildman–Crippen MR) is 113 cm³/mol. The van der Waals surface area contributed by atoms with E-state index in [-0.39, 0.29) is 17.6 Å². The number of halogens is 1. The van der Waals surface area contributed by atoms with Crippen molar-refractivity contribution in [1.82, 2.24) is 0 Å². The van der Waals surface area contributed by atoms with E-state index in [1.807, 2.05) is 57.2 Å². The summed E-state index contributed by atoms with van der Waals surface area (Å²) in [5.41, 5.74) is 4.73. The van der Waals surface area contributed by atoms with Crippen LogP contribution in [0.15, 0.2) is 60.7 Å². The molecule has 2 amide bonds. The van der Waals surface area contributed by atoms with Gasteiger partial charge in [0.2, 0.25) is 5.91 Å². The average Bonchev–Trinajstić information content (AvgIpc) is 2.93. The molecule has 4 nitrogen and oxygen atoms in total. The molecule has 0 spiro atoms. The van der Waals surface area contributed by atoms with Crippen LogP contribution in [0.4, 0.5) is 15.8 Å². The van der Waals surface area contributed by atoms with E-state index < -0.39 is 5.41 Å². The number of rotatable bonds is 3. The van der Waals surface area contributed by atoms with Gasteiger partial charge >= 0.3 is 0 Å². The molecule has 1 aliphatic rings. The summed E-state index contributed by atoms with van der Waals surface area (Å²) in [5, 5.41) is 5.74. The highest BCUT2D eigenvalue weighted by atomic mass is 19.1. The lowest BCUT2D eigenvalue weighted by atomic mass is 9.81. The van der Waals surface area contributed by atoms with Gasteiger partial charge in [-0.1, -0.05) is 24.3 Å². The SMILES string of the molecule is Cc1ccc(-c2cccc3c2C(C)(C)C(=O)N3)cc1C(=O)Nc1ccc(F)cc1. The molecule has 0 saturated heterocycles. The average molecular weight is 388 g/mol. The maximum Gasteiger partial charge on any atom is 0.255 e. The van der Waals surface area contributed by atoms with E-state index in [4.69, 9.17) is 0 Å². The third-order valence-electron chi connectivity index (χ3n) is 5.40. The Labute approximate surface area is 168 Å². The van der Waals surface area contributed by atoms with Gasteiger partial charge in [0.05, 0.1) is 5.41 Å². The summed E-state index contributed by atoms with van der Waals surface area (Å²) in [6.07, 6.45) is 0. The first-order chi connectivity index (χ1) is 13.8. The molecule has 0 radical (unpaired) electrons. The van der Waals surface area contributed by atoms with Crippen LogP contribution in [0, 0.1) is 12.7 Å². The van der Waals surface area contributed by atoms with Crippen LogP contribution < -0.4 is 10.6 Å². The molecule has 146 valence electrons. The smallest absolute Gasteiger partial charge is 0.255 e. The van der Waals surface area contributed by atoms with E-state index >= 15 is 0 Å². The Morgan fingerprint density at radius 1 is 1.03 bits per heavy atom. The van der Waals surface area contributed by atoms with Crippen LogP contribution >= 0.6 is 0 Å². The fraction of sp³-hybridized carbons (Fsp3) is 0.167. The summed E-state index contributed by atoms with van der Waals surface area (Å²) in [6.45, 7) is 5.66. The van der Waals surface area contributed by atoms with E-state index in [1.54, 1.807) is 0 Å². The lowest BCUT2D eigenvalue weighted by Crippen LogP contribution is -2.27. The highest BCUT2D eigenvalue weighted by molar-refractivity contribution is 6.09. The number of carbonyl (C=O) groups is 2. The molecular formula is C24H21FN2O2. The van der Waals surface area contributed by atoms with Crippen molar-refractivity contribution in [3.8, 4) is 11.1 Å². The third-order valence-corrected chi connectivity index (χ3v) is 5.40. The fourth-order valence-corrected chi connectivity index (χ4v) is 3.73. The van der Waals surface area contributed by atoms with Crippen LogP contribution in [0.1, 0.15) is 35.3 Å². The predicted octanol–water partition coefficient (Wildman–Crippen LogP) is 5.28. The number of carbonyl (C=O) groups excluding carboxylic acids is 2. The monoisotopic (exact) mass is 388 g/mol. The molecule has 0 bridgehead atoms. The summed E-state index contributed by atoms with van der Waals surface area (Å²) in [6, 6.07) is 17.1. The molecule has 4 rings (SSSR count). The first kappa shape index (κ1) is 18.9. The molecular weight excluding hydrogens is 367 g/mol. The van der Waals surface area contributed by atoms with Gasteiger partial charge in [-0.05, 0) is 79.4 Å². The van der Waals surface area contributed by atoms with Gasteiger partial charge in [0.25, 0.3) is 5.91 Å². The van der Waals surface area contributed by atoms with Crippen molar-refractivity contribution in [2.24, 2.45) is 0 Å². The number of hydrogen-bond acceptors (Lipinski definition) is 2. The fourth-order valence-electron chi connectivity index (χ4n) is 3.73. The normalized spacial score (nSPS) is 14.3. The molecule has 0 aromatic heterocycles. The highest BCUT2D eigenvalue weighted by Crippen LogP contribution is 2.43. The second-order valence-electron chi connectivity index (χ2n) is 7.80. The largest absolute Gasteiger partial charge is 0.325 e. The highest BCUT2D eigenvalue weighted by Gasteiger charge is 2.40. The van der Waals surface area contributed by atoms with E-state index in [1.165, 1.54) is 24.3 Å². The Morgan fingerprint density at radius 3 is 2.48 bits per heavy atom. The molecule has 0 atom stereocenters. The van der Waals surface area contributed by atoms with Gasteiger partial charge in [-0.3, -0.25) is 9.59 Å². The number of nitrogens with one attached hydrogen (secondary N) is 2. The van der Waals surface area contributed by atoms with Crippen molar-refractivity contribution >= 4 is 23.2 Å². The quantitative estimate of drug-likeness (QED) is 0.641. The van der Waals surface area contributed by atoms with Crippen LogP contribution in [0.3, 0.4) is 0 Å². The van der Waals surface area contributed by atoms with Crippen molar-refractivity contribution in [1.29, 1.82) is 0 Å². The second kappa shape index (κ2) is 6.85. The van der Waals surface area contributed by atoms with Crippen molar-refractivity contribution in [3.05, 3.63) is 83.2 Å². The zero-order valence-electron chi connectivity index (χ0n) is 16.5. The topological polar surface area (TPSA) is 58.2 Å². The number of aryl methyl sites for hydroxylation is 1. The van der Waals surface area contributed by atoms with Crippen molar-refractivity contribution in [3.63, 3.8) is 0 Å². The molecule has 0 fully saturated rings. The standard InChI is InChI=1S/C24H21FN2O2/c1-14-7-8-15(13-19(14)22(28)26-17-11-9-16(25)10-12-17)18-5-4-6-20-21(18)24(2,3)23(29)27-20/h4-13H,1-3H3,(H,26,28)(H,27,29). The molecule has 3 aromatic rings. The van der Waals surface area contributed by atoms with E-state index in [0.29, 0.717) is 11.3 Å². The van der Waals surface area contributed by atoms with Gasteiger partial charge in [0, 0.05) is 16.9 Å². The Balaban J connectivity index is 1.74. The van der Waals surface area contributed by atoms with Gasteiger partial charge in [0.15, 0.2) is 0 Å². The van der Waals surface area contributed by atoms with Crippen molar-refractivity contribution in [2.45, 2.75) is 26.2 Å². The molecule has 0 saturated carbocycles. The summed E-state index contributed by atoms with van der Waals surface area (Å²) >= 11 is 0. The van der Waals surface area contributed by atoms with Crippen LogP contribution in [0.5, 0.6) is 0 Å². The zero-order valence-corrected chi connectivity index (χ0v) is 16.5. The minimum Gasteiger partial charge on any atom is -0.325 e. The van der Waals surface area contributed by atoms with Crippen LogP contribution in [0.2, 0.25) is 0 Å². The maximum absolute atomic E-state index is 13.1. The minimum absolute atomic E-state index is 0.0404. The Morgan fingerprint density at radius 2 is 1.76 bits per heavy atom. The first-order valence-electron chi connectivity index (χ1n) is 9.40. The van der Waals surface area contributed by atoms with Gasteiger partial charge in [-0.15, -0.1) is 0 Å². The van der Waals surface area contributed by atoms with Crippen molar-refractivity contribution in [2.75, 3.05) is 10.6 Å². The van der Waals surface area contributed by atoms with Crippen LogP contribution in [-0.4, -0.2) is 11.8 Å². The summed E-state index contributed by atoms with van der Waals surface area (Å²) in [4.78, 5) is 25.2. The van der Waals surface area contributed by atoms with Crippen LogP contribution in [0.25, 0.3) is 11.1 Å². The first-order valence-corrected chi connectivity index (χ1v) is 9.40. The van der Waals surface area contributed by atoms with Crippen LogP contribution in [-0.2, 0) is 10.2 Å². The van der Waals surface area contributed by atoms with Gasteiger partial charge in [0.1, 0.15) is 5.82 Å². The molecule has 0 unspecified atom stereocenters. The zero-order chi connectivity index (χ0) is 20.8. The number of hydrogen-bond donors (Lipinski definition) is 2. The molecule has 2 N–H and O–H groups in total. The minimum atomic E-state index is -0.659. The Kier molecular flexibility index (Phi) is 4.46. The van der Waals surface area contributed by atoms with Crippen molar-refractivity contribution < 1.29 is 14.0 Å². The Hall–Kier alpha value is -3.47. The van der Waals surface area contributed by atoms with E-state index in [2.05, 4.69) is 10.6 Å². The molecule has 29 heavy (non-hydrogen) atoms. The summed E-state index contributed by atoms with van der Waals surface area (Å²) < 4.78 is 13.1. The molecule has 5 heteroatoms. The lowest BCUT2D eigenvalue weighted by Gasteiger charge is -2.20. The number of fused-ring (bicyclic) bond motifs is 1. The Bertz CT molecular complexity index is 1130. The lowest BCUT2D eigenvalue weighted by molar-refractivity contribution is -0.119. The summed E-state index contributed by atoms with van der Waals surface area (Å²) in [5.74, 6) is -0.664. The molecule has 1 heterocycles. The van der Waals surface area contributed by atoms with E-state index in [9.17, 15) is 14.0 Å². The third kappa shape index (κ3) is 3.29. The number of amides is 2. The second-order valence-corrected chi connectivity index (χ2v) is 7.80. The van der Waals surface area contributed by atoms with Gasteiger partial charge in [-0.2, -0.15) is 0 Å². The maximum atomic E-state index is 13.1.